The number of hydrogen-bond donors (Lipinski definition) is 1. The van der Waals surface area contributed by atoms with E-state index in [0.29, 0.717) is 19.3 Å². The van der Waals surface area contributed by atoms with E-state index < -0.39 is 9.84 Å². The topological polar surface area (TPSA) is 54.4 Å². The monoisotopic (exact) mass is 194 g/mol. The average Bonchev–Trinajstić information content (AvgIpc) is 2.04. The van der Waals surface area contributed by atoms with E-state index in [-0.39, 0.29) is 17.6 Å². The maximum absolute atomic E-state index is 11.0. The third-order valence-corrected chi connectivity index (χ3v) is 3.69. The van der Waals surface area contributed by atoms with E-state index in [4.69, 9.17) is 5.11 Å². The lowest BCUT2D eigenvalue weighted by molar-refractivity contribution is 0.159. The summed E-state index contributed by atoms with van der Waals surface area (Å²) in [5.41, 5.74) is 0. The van der Waals surface area contributed by atoms with Crippen LogP contribution in [0.3, 0.4) is 0 Å². The molecule has 0 saturated heterocycles. The Labute approximate surface area is 74.7 Å². The van der Waals surface area contributed by atoms with Crippen LogP contribution in [0.1, 0.15) is 33.1 Å². The van der Waals surface area contributed by atoms with Crippen molar-refractivity contribution in [1.29, 1.82) is 0 Å². The maximum atomic E-state index is 11.0. The van der Waals surface area contributed by atoms with E-state index in [9.17, 15) is 8.42 Å². The molecule has 0 heterocycles. The minimum atomic E-state index is -2.83. The molecule has 0 aliphatic carbocycles. The molecule has 1 N–H and O–H groups in total. The molecular formula is C8H18O3S. The van der Waals surface area contributed by atoms with Crippen molar-refractivity contribution in [2.24, 2.45) is 0 Å². The molecule has 0 aromatic heterocycles. The van der Waals surface area contributed by atoms with Gasteiger partial charge in [-0.1, -0.05) is 13.8 Å². The molecule has 3 nitrogen and oxygen atoms in total. The van der Waals surface area contributed by atoms with Crippen LogP contribution in [-0.4, -0.2) is 31.1 Å². The Morgan fingerprint density at radius 2 is 1.92 bits per heavy atom. The van der Waals surface area contributed by atoms with E-state index >= 15 is 0 Å². The third kappa shape index (κ3) is 5.55. The Balaban J connectivity index is 3.57. The van der Waals surface area contributed by atoms with Crippen molar-refractivity contribution in [3.8, 4) is 0 Å². The van der Waals surface area contributed by atoms with Crippen LogP contribution in [0, 0.1) is 0 Å². The first kappa shape index (κ1) is 11.9. The highest BCUT2D eigenvalue weighted by atomic mass is 32.2. The molecule has 74 valence electrons. The van der Waals surface area contributed by atoms with Crippen LogP contribution >= 0.6 is 0 Å². The molecule has 12 heavy (non-hydrogen) atoms. The Morgan fingerprint density at radius 1 is 1.33 bits per heavy atom. The van der Waals surface area contributed by atoms with Crippen LogP contribution in [0.15, 0.2) is 0 Å². The Kier molecular flexibility index (Phi) is 5.50. The summed E-state index contributed by atoms with van der Waals surface area (Å²) in [6, 6.07) is 0. The zero-order valence-electron chi connectivity index (χ0n) is 7.78. The fourth-order valence-electron chi connectivity index (χ4n) is 0.887. The van der Waals surface area contributed by atoms with Crippen LogP contribution in [0.2, 0.25) is 0 Å². The first-order chi connectivity index (χ1) is 5.52. The lowest BCUT2D eigenvalue weighted by Gasteiger charge is -2.06. The van der Waals surface area contributed by atoms with E-state index in [1.165, 1.54) is 0 Å². The molecule has 4 heteroatoms. The molecule has 0 rings (SSSR count). The maximum Gasteiger partial charge on any atom is 0.150 e. The summed E-state index contributed by atoms with van der Waals surface area (Å²) < 4.78 is 22.0. The average molecular weight is 194 g/mol. The number of hydrogen-bond acceptors (Lipinski definition) is 3. The fraction of sp³-hybridized carbons (Fsp3) is 1.00. The molecule has 0 saturated carbocycles. The van der Waals surface area contributed by atoms with Crippen molar-refractivity contribution in [2.45, 2.75) is 39.2 Å². The van der Waals surface area contributed by atoms with Gasteiger partial charge in [-0.3, -0.25) is 0 Å². The Bertz CT molecular complexity index is 196. The van der Waals surface area contributed by atoms with Crippen molar-refractivity contribution in [3.63, 3.8) is 0 Å². The molecule has 0 bridgehead atoms. The van der Waals surface area contributed by atoms with Crippen molar-refractivity contribution >= 4 is 9.84 Å². The summed E-state index contributed by atoms with van der Waals surface area (Å²) in [4.78, 5) is 0. The molecule has 0 aliphatic heterocycles. The highest BCUT2D eigenvalue weighted by Crippen LogP contribution is 2.03. The largest absolute Gasteiger partial charge is 0.393 e. The van der Waals surface area contributed by atoms with Gasteiger partial charge in [0, 0.05) is 5.75 Å². The van der Waals surface area contributed by atoms with Gasteiger partial charge in [0.25, 0.3) is 0 Å². The fourth-order valence-corrected chi connectivity index (χ4v) is 1.78. The lowest BCUT2D eigenvalue weighted by atomic mass is 10.2. The molecular weight excluding hydrogens is 176 g/mol. The molecule has 0 aliphatic rings. The van der Waals surface area contributed by atoms with Gasteiger partial charge < -0.3 is 5.11 Å². The summed E-state index contributed by atoms with van der Waals surface area (Å²) in [5.74, 6) is 0.412. The Morgan fingerprint density at radius 3 is 2.33 bits per heavy atom. The zero-order chi connectivity index (χ0) is 9.61. The quantitative estimate of drug-likeness (QED) is 0.685. The zero-order valence-corrected chi connectivity index (χ0v) is 8.60. The van der Waals surface area contributed by atoms with Crippen LogP contribution in [-0.2, 0) is 9.84 Å². The first-order valence-electron chi connectivity index (χ1n) is 4.40. The Hall–Kier alpha value is -0.0900. The van der Waals surface area contributed by atoms with Gasteiger partial charge in [-0.2, -0.15) is 0 Å². The highest BCUT2D eigenvalue weighted by Gasteiger charge is 2.08. The summed E-state index contributed by atoms with van der Waals surface area (Å²) in [7, 11) is -2.83. The third-order valence-electron chi connectivity index (χ3n) is 1.90. The summed E-state index contributed by atoms with van der Waals surface area (Å²) in [6.45, 7) is 3.53. The molecule has 0 amide bonds. The predicted molar refractivity (Wildman–Crippen MR) is 49.9 cm³/mol. The van der Waals surface area contributed by atoms with Gasteiger partial charge in [0.2, 0.25) is 0 Å². The molecule has 1 atom stereocenters. The highest BCUT2D eigenvalue weighted by molar-refractivity contribution is 7.91. The molecule has 1 unspecified atom stereocenters. The normalized spacial score (nSPS) is 14.6. The standard InChI is InChI=1S/C8H18O3S/c1-3-8(9)6-5-7-12(10,11)4-2/h8-9H,3-7H2,1-2H3. The summed E-state index contributed by atoms with van der Waals surface area (Å²) >= 11 is 0. The van der Waals surface area contributed by atoms with Gasteiger partial charge in [0.1, 0.15) is 9.84 Å². The lowest BCUT2D eigenvalue weighted by Crippen LogP contribution is -2.12. The van der Waals surface area contributed by atoms with Crippen molar-refractivity contribution in [3.05, 3.63) is 0 Å². The van der Waals surface area contributed by atoms with E-state index in [1.807, 2.05) is 6.92 Å². The van der Waals surface area contributed by atoms with Crippen LogP contribution in [0.4, 0.5) is 0 Å². The van der Waals surface area contributed by atoms with Crippen molar-refractivity contribution in [1.82, 2.24) is 0 Å². The van der Waals surface area contributed by atoms with Gasteiger partial charge in [-0.25, -0.2) is 8.42 Å². The number of aliphatic hydroxyl groups is 1. The van der Waals surface area contributed by atoms with E-state index in [0.717, 1.165) is 0 Å². The summed E-state index contributed by atoms with van der Waals surface area (Å²) in [5, 5.41) is 9.13. The second-order valence-corrected chi connectivity index (χ2v) is 5.41. The van der Waals surface area contributed by atoms with Gasteiger partial charge in [-0.15, -0.1) is 0 Å². The molecule has 0 spiro atoms. The number of sulfone groups is 1. The van der Waals surface area contributed by atoms with Crippen molar-refractivity contribution in [2.75, 3.05) is 11.5 Å². The van der Waals surface area contributed by atoms with E-state index in [1.54, 1.807) is 6.92 Å². The number of aliphatic hydroxyl groups excluding tert-OH is 1. The minimum absolute atomic E-state index is 0.204. The molecule has 0 aromatic carbocycles. The van der Waals surface area contributed by atoms with Crippen LogP contribution < -0.4 is 0 Å². The van der Waals surface area contributed by atoms with E-state index in [2.05, 4.69) is 0 Å². The van der Waals surface area contributed by atoms with Crippen LogP contribution in [0.25, 0.3) is 0 Å². The predicted octanol–water partition coefficient (Wildman–Crippen LogP) is 0.972. The van der Waals surface area contributed by atoms with Gasteiger partial charge in [-0.05, 0) is 19.3 Å². The minimum Gasteiger partial charge on any atom is -0.393 e. The van der Waals surface area contributed by atoms with Gasteiger partial charge in [0.05, 0.1) is 11.9 Å². The smallest absolute Gasteiger partial charge is 0.150 e. The SMILES string of the molecule is CCC(O)CCCS(=O)(=O)CC. The first-order valence-corrected chi connectivity index (χ1v) is 6.22. The molecule has 0 fully saturated rings. The second-order valence-electron chi connectivity index (χ2n) is 2.94. The molecule has 0 aromatic rings. The van der Waals surface area contributed by atoms with Gasteiger partial charge in [0.15, 0.2) is 0 Å². The van der Waals surface area contributed by atoms with Crippen molar-refractivity contribution < 1.29 is 13.5 Å². The molecule has 0 radical (unpaired) electrons. The van der Waals surface area contributed by atoms with Crippen LogP contribution in [0.5, 0.6) is 0 Å². The second kappa shape index (κ2) is 5.54. The van der Waals surface area contributed by atoms with Gasteiger partial charge >= 0.3 is 0 Å². The summed E-state index contributed by atoms with van der Waals surface area (Å²) in [6.07, 6.45) is 1.53. The number of rotatable bonds is 6.